The molecule has 2 aliphatic rings. The fourth-order valence-electron chi connectivity index (χ4n) is 2.59. The number of hydrogen-bond donors (Lipinski definition) is 1. The molecule has 0 atom stereocenters. The molecule has 74 valence electrons. The standard InChI is InChI=1S/C11H19NO/c1-2-7-13-10-8-11(9-10)3-5-12-6-4-11/h2,10,12H,1,3-9H2. The van der Waals surface area contributed by atoms with Gasteiger partial charge in [0, 0.05) is 0 Å². The van der Waals surface area contributed by atoms with Crippen LogP contribution in [0.25, 0.3) is 0 Å². The first-order chi connectivity index (χ1) is 6.35. The van der Waals surface area contributed by atoms with Crippen LogP contribution in [0.1, 0.15) is 25.7 Å². The van der Waals surface area contributed by atoms with E-state index in [0.717, 1.165) is 6.61 Å². The lowest BCUT2D eigenvalue weighted by atomic mass is 9.62. The summed E-state index contributed by atoms with van der Waals surface area (Å²) in [5.41, 5.74) is 0.650. The second-order valence-corrected chi connectivity index (χ2v) is 4.40. The van der Waals surface area contributed by atoms with Crippen LogP contribution in [0.2, 0.25) is 0 Å². The van der Waals surface area contributed by atoms with E-state index in [4.69, 9.17) is 4.74 Å². The highest BCUT2D eigenvalue weighted by Crippen LogP contribution is 2.49. The molecule has 0 amide bonds. The highest BCUT2D eigenvalue weighted by atomic mass is 16.5. The molecule has 1 spiro atoms. The Hall–Kier alpha value is -0.340. The van der Waals surface area contributed by atoms with Gasteiger partial charge in [-0.15, -0.1) is 6.58 Å². The molecule has 2 heteroatoms. The zero-order valence-corrected chi connectivity index (χ0v) is 8.22. The van der Waals surface area contributed by atoms with Gasteiger partial charge in [-0.2, -0.15) is 0 Å². The Bertz CT molecular complexity index is 177. The van der Waals surface area contributed by atoms with Gasteiger partial charge in [-0.3, -0.25) is 0 Å². The monoisotopic (exact) mass is 181 g/mol. The second-order valence-electron chi connectivity index (χ2n) is 4.40. The predicted octanol–water partition coefficient (Wildman–Crippen LogP) is 1.72. The first-order valence-electron chi connectivity index (χ1n) is 5.28. The van der Waals surface area contributed by atoms with Gasteiger partial charge in [0.2, 0.25) is 0 Å². The summed E-state index contributed by atoms with van der Waals surface area (Å²) in [6.45, 7) is 6.79. The van der Waals surface area contributed by atoms with Crippen LogP contribution in [0.4, 0.5) is 0 Å². The number of rotatable bonds is 3. The molecule has 1 aliphatic heterocycles. The quantitative estimate of drug-likeness (QED) is 0.669. The Morgan fingerprint density at radius 2 is 2.08 bits per heavy atom. The fourth-order valence-corrected chi connectivity index (χ4v) is 2.59. The Balaban J connectivity index is 1.72. The normalized spacial score (nSPS) is 27.1. The van der Waals surface area contributed by atoms with Gasteiger partial charge < -0.3 is 10.1 Å². The highest BCUT2D eigenvalue weighted by Gasteiger charge is 2.44. The van der Waals surface area contributed by atoms with Crippen molar-refractivity contribution in [3.63, 3.8) is 0 Å². The van der Waals surface area contributed by atoms with E-state index in [-0.39, 0.29) is 0 Å². The minimum Gasteiger partial charge on any atom is -0.374 e. The lowest BCUT2D eigenvalue weighted by molar-refractivity contribution is -0.0847. The molecule has 1 saturated carbocycles. The molecule has 13 heavy (non-hydrogen) atoms. The molecule has 0 unspecified atom stereocenters. The maximum Gasteiger partial charge on any atom is 0.0648 e. The van der Waals surface area contributed by atoms with Crippen molar-refractivity contribution in [2.45, 2.75) is 31.8 Å². The fraction of sp³-hybridized carbons (Fsp3) is 0.818. The maximum absolute atomic E-state index is 5.62. The van der Waals surface area contributed by atoms with Crippen molar-refractivity contribution in [3.05, 3.63) is 12.7 Å². The Kier molecular flexibility index (Phi) is 2.70. The Morgan fingerprint density at radius 1 is 1.38 bits per heavy atom. The van der Waals surface area contributed by atoms with Crippen LogP contribution in [0.3, 0.4) is 0 Å². The zero-order chi connectivity index (χ0) is 9.15. The van der Waals surface area contributed by atoms with Crippen molar-refractivity contribution >= 4 is 0 Å². The Morgan fingerprint density at radius 3 is 2.69 bits per heavy atom. The molecule has 2 fully saturated rings. The SMILES string of the molecule is C=CCOC1CC2(CCNCC2)C1. The summed E-state index contributed by atoms with van der Waals surface area (Å²) in [7, 11) is 0. The largest absolute Gasteiger partial charge is 0.374 e. The van der Waals surface area contributed by atoms with E-state index < -0.39 is 0 Å². The van der Waals surface area contributed by atoms with E-state index in [1.165, 1.54) is 38.8 Å². The van der Waals surface area contributed by atoms with Gasteiger partial charge in [-0.1, -0.05) is 6.08 Å². The molecule has 0 aromatic carbocycles. The Labute approximate surface area is 80.4 Å². The van der Waals surface area contributed by atoms with Crippen LogP contribution in [0, 0.1) is 5.41 Å². The molecular formula is C11H19NO. The van der Waals surface area contributed by atoms with E-state index in [1.54, 1.807) is 0 Å². The molecule has 2 rings (SSSR count). The molecule has 0 aromatic heterocycles. The van der Waals surface area contributed by atoms with Crippen LogP contribution in [-0.4, -0.2) is 25.8 Å². The molecule has 1 heterocycles. The van der Waals surface area contributed by atoms with Crippen molar-refractivity contribution in [1.29, 1.82) is 0 Å². The summed E-state index contributed by atoms with van der Waals surface area (Å²) in [6, 6.07) is 0. The first-order valence-corrected chi connectivity index (χ1v) is 5.28. The zero-order valence-electron chi connectivity index (χ0n) is 8.22. The summed E-state index contributed by atoms with van der Waals surface area (Å²) < 4.78 is 5.62. The van der Waals surface area contributed by atoms with Crippen LogP contribution >= 0.6 is 0 Å². The first kappa shape index (κ1) is 9.22. The van der Waals surface area contributed by atoms with Crippen molar-refractivity contribution in [3.8, 4) is 0 Å². The van der Waals surface area contributed by atoms with Gasteiger partial charge >= 0.3 is 0 Å². The number of ether oxygens (including phenoxy) is 1. The van der Waals surface area contributed by atoms with Gasteiger partial charge in [0.25, 0.3) is 0 Å². The van der Waals surface area contributed by atoms with Crippen LogP contribution in [0.15, 0.2) is 12.7 Å². The molecule has 2 nitrogen and oxygen atoms in total. The third kappa shape index (κ3) is 1.94. The summed E-state index contributed by atoms with van der Waals surface area (Å²) in [4.78, 5) is 0. The van der Waals surface area contributed by atoms with Crippen LogP contribution < -0.4 is 5.32 Å². The van der Waals surface area contributed by atoms with Crippen molar-refractivity contribution in [2.75, 3.05) is 19.7 Å². The summed E-state index contributed by atoms with van der Waals surface area (Å²) >= 11 is 0. The molecule has 1 N–H and O–H groups in total. The predicted molar refractivity (Wildman–Crippen MR) is 53.7 cm³/mol. The molecule has 0 aromatic rings. The van der Waals surface area contributed by atoms with E-state index in [1.807, 2.05) is 6.08 Å². The van der Waals surface area contributed by atoms with Gasteiger partial charge in [0.05, 0.1) is 12.7 Å². The van der Waals surface area contributed by atoms with E-state index >= 15 is 0 Å². The topological polar surface area (TPSA) is 21.3 Å². The lowest BCUT2D eigenvalue weighted by Gasteiger charge is -2.50. The molecule has 0 bridgehead atoms. The van der Waals surface area contributed by atoms with Crippen molar-refractivity contribution in [1.82, 2.24) is 5.32 Å². The average molecular weight is 181 g/mol. The van der Waals surface area contributed by atoms with Crippen molar-refractivity contribution in [2.24, 2.45) is 5.41 Å². The summed E-state index contributed by atoms with van der Waals surface area (Å²) in [5, 5.41) is 3.41. The molecule has 1 saturated heterocycles. The van der Waals surface area contributed by atoms with Gasteiger partial charge in [0.1, 0.15) is 0 Å². The minimum absolute atomic E-state index is 0.524. The highest BCUT2D eigenvalue weighted by molar-refractivity contribution is 4.97. The van der Waals surface area contributed by atoms with Gasteiger partial charge in [-0.05, 0) is 44.2 Å². The van der Waals surface area contributed by atoms with Gasteiger partial charge in [-0.25, -0.2) is 0 Å². The van der Waals surface area contributed by atoms with Crippen molar-refractivity contribution < 1.29 is 4.74 Å². The van der Waals surface area contributed by atoms with E-state index in [2.05, 4.69) is 11.9 Å². The molecular weight excluding hydrogens is 162 g/mol. The van der Waals surface area contributed by atoms with Crippen LogP contribution in [-0.2, 0) is 4.74 Å². The second kappa shape index (κ2) is 3.81. The number of nitrogens with one attached hydrogen (secondary N) is 1. The third-order valence-electron chi connectivity index (χ3n) is 3.44. The summed E-state index contributed by atoms with van der Waals surface area (Å²) in [6.07, 6.45) is 7.62. The summed E-state index contributed by atoms with van der Waals surface area (Å²) in [5.74, 6) is 0. The van der Waals surface area contributed by atoms with E-state index in [0.29, 0.717) is 11.5 Å². The molecule has 0 radical (unpaired) electrons. The minimum atomic E-state index is 0.524. The smallest absolute Gasteiger partial charge is 0.0648 e. The number of piperidine rings is 1. The van der Waals surface area contributed by atoms with Gasteiger partial charge in [0.15, 0.2) is 0 Å². The van der Waals surface area contributed by atoms with Crippen LogP contribution in [0.5, 0.6) is 0 Å². The lowest BCUT2D eigenvalue weighted by Crippen LogP contribution is -2.48. The average Bonchev–Trinajstić information content (AvgIpc) is 2.13. The third-order valence-corrected chi connectivity index (χ3v) is 3.44. The van der Waals surface area contributed by atoms with E-state index in [9.17, 15) is 0 Å². The molecule has 1 aliphatic carbocycles. The number of hydrogen-bond acceptors (Lipinski definition) is 2. The maximum atomic E-state index is 5.62.